The first-order valence-electron chi connectivity index (χ1n) is 9.15. The Labute approximate surface area is 151 Å². The van der Waals surface area contributed by atoms with Crippen LogP contribution >= 0.6 is 0 Å². The fourth-order valence-corrected chi connectivity index (χ4v) is 4.11. The smallest absolute Gasteiger partial charge is 0.316 e. The fourth-order valence-electron chi connectivity index (χ4n) is 4.11. The second kappa shape index (κ2) is 5.94. The Kier molecular flexibility index (Phi) is 3.95. The van der Waals surface area contributed by atoms with E-state index in [1.54, 1.807) is 6.07 Å². The van der Waals surface area contributed by atoms with Gasteiger partial charge < -0.3 is 20.6 Å². The Hall–Kier alpha value is -2.15. The molecule has 140 valence electrons. The van der Waals surface area contributed by atoms with Gasteiger partial charge in [0.15, 0.2) is 5.78 Å². The van der Waals surface area contributed by atoms with E-state index in [0.29, 0.717) is 24.5 Å². The number of fused-ring (bicyclic) bond motifs is 1. The highest BCUT2D eigenvalue weighted by Gasteiger charge is 2.43. The molecule has 3 N–H and O–H groups in total. The number of Topliss-reactive ketones (excluding diaryl/α,β-unsaturated/α-hetero) is 1. The third-order valence-corrected chi connectivity index (χ3v) is 6.01. The van der Waals surface area contributed by atoms with Crippen molar-refractivity contribution in [2.45, 2.75) is 32.2 Å². The summed E-state index contributed by atoms with van der Waals surface area (Å²) in [6.07, 6.45) is 2.84. The van der Waals surface area contributed by atoms with Gasteiger partial charge in [-0.1, -0.05) is 6.92 Å². The minimum absolute atomic E-state index is 0.0389. The van der Waals surface area contributed by atoms with Gasteiger partial charge in [-0.2, -0.15) is 0 Å². The van der Waals surface area contributed by atoms with Gasteiger partial charge in [0.2, 0.25) is 0 Å². The van der Waals surface area contributed by atoms with Gasteiger partial charge in [-0.05, 0) is 43.4 Å². The van der Waals surface area contributed by atoms with E-state index in [4.69, 9.17) is 5.73 Å². The maximum Gasteiger partial charge on any atom is 0.316 e. The first kappa shape index (κ1) is 17.3. The Balaban J connectivity index is 1.74. The van der Waals surface area contributed by atoms with E-state index in [-0.39, 0.29) is 23.6 Å². The molecule has 1 aromatic rings. The second-order valence-corrected chi connectivity index (χ2v) is 8.15. The average molecular weight is 361 g/mol. The number of carboxylic acids is 1. The summed E-state index contributed by atoms with van der Waals surface area (Å²) in [7, 11) is 0. The van der Waals surface area contributed by atoms with E-state index in [1.807, 2.05) is 9.80 Å². The molecule has 7 heteroatoms. The maximum absolute atomic E-state index is 14.8. The molecule has 0 amide bonds. The van der Waals surface area contributed by atoms with E-state index >= 15 is 0 Å². The van der Waals surface area contributed by atoms with Crippen molar-refractivity contribution < 1.29 is 19.1 Å². The van der Waals surface area contributed by atoms with Crippen molar-refractivity contribution in [1.82, 2.24) is 0 Å². The van der Waals surface area contributed by atoms with Gasteiger partial charge in [-0.3, -0.25) is 9.59 Å². The minimum Gasteiger partial charge on any atom is -0.481 e. The number of rotatable bonds is 4. The number of hydrogen-bond acceptors (Lipinski definition) is 5. The molecule has 0 bridgehead atoms. The Morgan fingerprint density at radius 3 is 2.69 bits per heavy atom. The molecule has 0 spiro atoms. The van der Waals surface area contributed by atoms with Gasteiger partial charge in [-0.25, -0.2) is 4.39 Å². The zero-order valence-electron chi connectivity index (χ0n) is 14.9. The first-order valence-corrected chi connectivity index (χ1v) is 9.15. The highest BCUT2D eigenvalue weighted by atomic mass is 19.1. The molecule has 1 aromatic carbocycles. The molecule has 2 unspecified atom stereocenters. The van der Waals surface area contributed by atoms with Crippen LogP contribution in [0.4, 0.5) is 15.8 Å². The molecule has 2 atom stereocenters. The number of benzene rings is 1. The number of hydrogen-bond donors (Lipinski definition) is 2. The number of halogens is 1. The summed E-state index contributed by atoms with van der Waals surface area (Å²) in [5.74, 6) is -3.24. The summed E-state index contributed by atoms with van der Waals surface area (Å²) in [6, 6.07) is 3.21. The molecule has 3 aliphatic rings. The molecule has 1 aliphatic carbocycles. The molecule has 0 radical (unpaired) electrons. The largest absolute Gasteiger partial charge is 0.481 e. The number of anilines is 2. The van der Waals surface area contributed by atoms with Crippen LogP contribution in [0.1, 0.15) is 36.5 Å². The van der Waals surface area contributed by atoms with E-state index < -0.39 is 23.5 Å². The average Bonchev–Trinajstić information content (AvgIpc) is 3.37. The lowest BCUT2D eigenvalue weighted by molar-refractivity contribution is -0.139. The molecule has 0 aromatic heterocycles. The number of carboxylic acid groups (broad SMARTS) is 1. The Morgan fingerprint density at radius 1 is 1.38 bits per heavy atom. The summed E-state index contributed by atoms with van der Waals surface area (Å²) >= 11 is 0. The van der Waals surface area contributed by atoms with Gasteiger partial charge >= 0.3 is 5.97 Å². The van der Waals surface area contributed by atoms with Crippen molar-refractivity contribution in [3.8, 4) is 0 Å². The zero-order chi connectivity index (χ0) is 18.6. The lowest BCUT2D eigenvalue weighted by Crippen LogP contribution is -2.44. The van der Waals surface area contributed by atoms with Gasteiger partial charge in [0.1, 0.15) is 11.7 Å². The van der Waals surface area contributed by atoms with Crippen LogP contribution < -0.4 is 15.5 Å². The maximum atomic E-state index is 14.8. The van der Waals surface area contributed by atoms with Crippen molar-refractivity contribution in [3.05, 3.63) is 23.5 Å². The lowest BCUT2D eigenvalue weighted by Gasteiger charge is -2.35. The van der Waals surface area contributed by atoms with Crippen LogP contribution in [0.2, 0.25) is 0 Å². The normalized spacial score (nSPS) is 28.4. The van der Waals surface area contributed by atoms with Crippen molar-refractivity contribution in [1.29, 1.82) is 0 Å². The predicted octanol–water partition coefficient (Wildman–Crippen LogP) is 1.87. The van der Waals surface area contributed by atoms with Crippen LogP contribution in [0, 0.1) is 17.2 Å². The molecule has 26 heavy (non-hydrogen) atoms. The van der Waals surface area contributed by atoms with E-state index in [1.165, 1.54) is 6.07 Å². The molecule has 2 heterocycles. The molecule has 6 nitrogen and oxygen atoms in total. The van der Waals surface area contributed by atoms with Crippen LogP contribution in [0.5, 0.6) is 0 Å². The van der Waals surface area contributed by atoms with Gasteiger partial charge in [-0.15, -0.1) is 0 Å². The quantitative estimate of drug-likeness (QED) is 0.796. The van der Waals surface area contributed by atoms with Crippen LogP contribution in [0.3, 0.4) is 0 Å². The van der Waals surface area contributed by atoms with Crippen LogP contribution in [-0.4, -0.2) is 49.1 Å². The Morgan fingerprint density at radius 2 is 2.12 bits per heavy atom. The number of aliphatic carboxylic acids is 1. The third kappa shape index (κ3) is 2.74. The van der Waals surface area contributed by atoms with E-state index in [2.05, 4.69) is 6.92 Å². The Bertz CT molecular complexity index is 780. The molecular formula is C19H24FN3O3. The summed E-state index contributed by atoms with van der Waals surface area (Å²) in [5.41, 5.74) is 7.17. The topological polar surface area (TPSA) is 86.9 Å². The summed E-state index contributed by atoms with van der Waals surface area (Å²) in [6.45, 7) is 4.20. The van der Waals surface area contributed by atoms with E-state index in [9.17, 15) is 19.1 Å². The second-order valence-electron chi connectivity index (χ2n) is 8.15. The van der Waals surface area contributed by atoms with Gasteiger partial charge in [0.25, 0.3) is 0 Å². The van der Waals surface area contributed by atoms with Crippen LogP contribution in [0.15, 0.2) is 12.1 Å². The zero-order valence-corrected chi connectivity index (χ0v) is 14.9. The SMILES string of the molecule is CC1(CN)CCN(c2cc3c(cc2F)C(=O)C(C(=O)O)CN3C2CC2)C1. The highest BCUT2D eigenvalue weighted by Crippen LogP contribution is 2.42. The van der Waals surface area contributed by atoms with Crippen molar-refractivity contribution in [3.63, 3.8) is 0 Å². The standard InChI is InChI=1S/C19H24FN3O3/c1-19(9-21)4-5-22(10-19)16-7-15-12(6-14(16)20)17(24)13(18(25)26)8-23(15)11-2-3-11/h6-7,11,13H,2-5,8-10,21H2,1H3,(H,25,26). The fraction of sp³-hybridized carbons (Fsp3) is 0.579. The third-order valence-electron chi connectivity index (χ3n) is 6.01. The summed E-state index contributed by atoms with van der Waals surface area (Å²) in [5, 5.41) is 9.37. The predicted molar refractivity (Wildman–Crippen MR) is 96.2 cm³/mol. The van der Waals surface area contributed by atoms with Gasteiger partial charge in [0, 0.05) is 31.2 Å². The van der Waals surface area contributed by atoms with Gasteiger partial charge in [0.05, 0.1) is 11.4 Å². The molecule has 1 saturated carbocycles. The number of nitrogens with zero attached hydrogens (tertiary/aromatic N) is 2. The lowest BCUT2D eigenvalue weighted by atomic mass is 9.89. The number of carbonyl (C=O) groups is 2. The molecule has 1 saturated heterocycles. The molecule has 2 aliphatic heterocycles. The number of nitrogens with two attached hydrogens (primary N) is 1. The highest BCUT2D eigenvalue weighted by molar-refractivity contribution is 6.13. The molecular weight excluding hydrogens is 337 g/mol. The van der Waals surface area contributed by atoms with Crippen molar-refractivity contribution >= 4 is 23.1 Å². The molecule has 2 fully saturated rings. The van der Waals surface area contributed by atoms with Crippen LogP contribution in [0.25, 0.3) is 0 Å². The first-order chi connectivity index (χ1) is 12.3. The van der Waals surface area contributed by atoms with Crippen molar-refractivity contribution in [2.75, 3.05) is 36.0 Å². The summed E-state index contributed by atoms with van der Waals surface area (Å²) < 4.78 is 14.8. The van der Waals surface area contributed by atoms with Crippen molar-refractivity contribution in [2.24, 2.45) is 17.1 Å². The monoisotopic (exact) mass is 361 g/mol. The minimum atomic E-state index is -1.14. The van der Waals surface area contributed by atoms with Crippen LogP contribution in [-0.2, 0) is 4.79 Å². The number of carbonyl (C=O) groups excluding carboxylic acids is 1. The summed E-state index contributed by atoms with van der Waals surface area (Å²) in [4.78, 5) is 28.0. The van der Waals surface area contributed by atoms with E-state index in [0.717, 1.165) is 25.8 Å². The number of ketones is 1. The molecule has 4 rings (SSSR count).